The number of ether oxygens (including phenoxy) is 3. The number of aromatic nitrogens is 2. The number of benzene rings is 1. The first-order valence-electron chi connectivity index (χ1n) is 8.26. The maximum absolute atomic E-state index is 12.3. The summed E-state index contributed by atoms with van der Waals surface area (Å²) in [6.07, 6.45) is 3.50. The molecule has 0 aliphatic carbocycles. The molecule has 0 amide bonds. The summed E-state index contributed by atoms with van der Waals surface area (Å²) in [5, 5.41) is 4.59. The van der Waals surface area contributed by atoms with Gasteiger partial charge in [0.1, 0.15) is 30.5 Å². The van der Waals surface area contributed by atoms with Crippen molar-refractivity contribution in [3.63, 3.8) is 0 Å². The zero-order chi connectivity index (χ0) is 18.6. The van der Waals surface area contributed by atoms with Crippen molar-refractivity contribution in [3.05, 3.63) is 53.9 Å². The summed E-state index contributed by atoms with van der Waals surface area (Å²) in [7, 11) is 0. The van der Waals surface area contributed by atoms with E-state index >= 15 is 0 Å². The number of carbonyl (C=O) groups is 1. The third kappa shape index (κ3) is 3.75. The number of hydrogen-bond donors (Lipinski definition) is 0. The predicted molar refractivity (Wildman–Crippen MR) is 98.1 cm³/mol. The molecule has 0 atom stereocenters. The molecule has 3 heterocycles. The minimum atomic E-state index is -0.448. The van der Waals surface area contributed by atoms with Gasteiger partial charge in [0.2, 0.25) is 0 Å². The number of esters is 1. The zero-order valence-electron chi connectivity index (χ0n) is 14.5. The van der Waals surface area contributed by atoms with E-state index in [-0.39, 0.29) is 6.61 Å². The molecule has 0 bridgehead atoms. The van der Waals surface area contributed by atoms with Crippen LogP contribution in [0.2, 0.25) is 0 Å². The Morgan fingerprint density at radius 3 is 2.89 bits per heavy atom. The summed E-state index contributed by atoms with van der Waals surface area (Å²) < 4.78 is 21.8. The predicted octanol–water partition coefficient (Wildman–Crippen LogP) is 3.59. The molecule has 1 aliphatic heterocycles. The maximum Gasteiger partial charge on any atom is 0.341 e. The van der Waals surface area contributed by atoms with Gasteiger partial charge in [-0.3, -0.25) is 0 Å². The average molecular weight is 384 g/mol. The van der Waals surface area contributed by atoms with E-state index in [1.165, 1.54) is 11.8 Å². The van der Waals surface area contributed by atoms with E-state index in [9.17, 15) is 4.79 Å². The van der Waals surface area contributed by atoms with Gasteiger partial charge in [-0.1, -0.05) is 5.16 Å². The lowest BCUT2D eigenvalue weighted by Gasteiger charge is -2.18. The molecular weight excluding hydrogens is 368 g/mol. The number of fused-ring (bicyclic) bond motifs is 1. The molecule has 2 aromatic heterocycles. The third-order valence-electron chi connectivity index (χ3n) is 3.92. The van der Waals surface area contributed by atoms with Crippen LogP contribution in [0.4, 0.5) is 0 Å². The van der Waals surface area contributed by atoms with E-state index in [1.54, 1.807) is 24.4 Å². The van der Waals surface area contributed by atoms with E-state index in [2.05, 4.69) is 10.1 Å². The zero-order valence-corrected chi connectivity index (χ0v) is 15.3. The Morgan fingerprint density at radius 1 is 1.19 bits per heavy atom. The monoisotopic (exact) mass is 384 g/mol. The van der Waals surface area contributed by atoms with Crippen molar-refractivity contribution in [2.45, 2.75) is 11.6 Å². The van der Waals surface area contributed by atoms with E-state index in [0.29, 0.717) is 46.8 Å². The molecule has 0 radical (unpaired) electrons. The number of thioether (sulfide) groups is 1. The topological polar surface area (TPSA) is 83.7 Å². The molecule has 0 unspecified atom stereocenters. The molecule has 27 heavy (non-hydrogen) atoms. The fourth-order valence-corrected chi connectivity index (χ4v) is 3.18. The van der Waals surface area contributed by atoms with Gasteiger partial charge in [-0.2, -0.15) is 0 Å². The van der Waals surface area contributed by atoms with Gasteiger partial charge in [0, 0.05) is 17.8 Å². The van der Waals surface area contributed by atoms with E-state index in [0.717, 1.165) is 5.56 Å². The Labute approximate surface area is 159 Å². The van der Waals surface area contributed by atoms with Gasteiger partial charge in [0.15, 0.2) is 17.3 Å². The number of pyridine rings is 1. The highest BCUT2D eigenvalue weighted by atomic mass is 32.2. The van der Waals surface area contributed by atoms with Crippen molar-refractivity contribution in [3.8, 4) is 22.8 Å². The van der Waals surface area contributed by atoms with Gasteiger partial charge in [-0.15, -0.1) is 11.8 Å². The highest BCUT2D eigenvalue weighted by Gasteiger charge is 2.17. The first kappa shape index (κ1) is 17.4. The van der Waals surface area contributed by atoms with Crippen LogP contribution in [0.1, 0.15) is 16.1 Å². The fraction of sp³-hybridized carbons (Fsp3) is 0.211. The van der Waals surface area contributed by atoms with Crippen LogP contribution in [0.25, 0.3) is 11.3 Å². The molecule has 7 nitrogen and oxygen atoms in total. The molecule has 0 saturated heterocycles. The minimum Gasteiger partial charge on any atom is -0.486 e. The quantitative estimate of drug-likeness (QED) is 0.487. The van der Waals surface area contributed by atoms with Crippen LogP contribution in [0.5, 0.6) is 11.5 Å². The highest BCUT2D eigenvalue weighted by molar-refractivity contribution is 7.98. The van der Waals surface area contributed by atoms with Crippen molar-refractivity contribution in [2.24, 2.45) is 0 Å². The van der Waals surface area contributed by atoms with Gasteiger partial charge in [-0.05, 0) is 36.6 Å². The molecule has 0 spiro atoms. The van der Waals surface area contributed by atoms with E-state index in [4.69, 9.17) is 18.7 Å². The van der Waals surface area contributed by atoms with Crippen LogP contribution >= 0.6 is 11.8 Å². The van der Waals surface area contributed by atoms with Crippen LogP contribution in [-0.4, -0.2) is 35.6 Å². The summed E-state index contributed by atoms with van der Waals surface area (Å²) >= 11 is 1.39. The Morgan fingerprint density at radius 2 is 2.04 bits per heavy atom. The van der Waals surface area contributed by atoms with Crippen LogP contribution < -0.4 is 9.47 Å². The average Bonchev–Trinajstić information content (AvgIpc) is 3.20. The molecule has 1 aromatic carbocycles. The Hall–Kier alpha value is -3.00. The summed E-state index contributed by atoms with van der Waals surface area (Å²) in [4.78, 5) is 16.4. The molecule has 4 rings (SSSR count). The lowest BCUT2D eigenvalue weighted by atomic mass is 10.1. The van der Waals surface area contributed by atoms with E-state index in [1.807, 2.05) is 24.5 Å². The largest absolute Gasteiger partial charge is 0.486 e. The van der Waals surface area contributed by atoms with Gasteiger partial charge in [0.25, 0.3) is 0 Å². The first-order chi connectivity index (χ1) is 13.2. The standard InChI is InChI=1S/C19H16N2O5S/c1-27-18-14(3-2-6-20-18)19(22)25-11-13-10-16(26-21-13)12-4-5-15-17(9-12)24-8-7-23-15/h2-6,9-10H,7-8,11H2,1H3. The normalized spacial score (nSPS) is 12.6. The van der Waals surface area contributed by atoms with Crippen molar-refractivity contribution in [1.29, 1.82) is 0 Å². The minimum absolute atomic E-state index is 0.00952. The molecule has 0 fully saturated rings. The smallest absolute Gasteiger partial charge is 0.341 e. The Bertz CT molecular complexity index is 972. The van der Waals surface area contributed by atoms with Crippen molar-refractivity contribution < 1.29 is 23.5 Å². The lowest BCUT2D eigenvalue weighted by molar-refractivity contribution is 0.0459. The van der Waals surface area contributed by atoms with Crippen LogP contribution in [-0.2, 0) is 11.3 Å². The highest BCUT2D eigenvalue weighted by Crippen LogP contribution is 2.34. The number of carbonyl (C=O) groups excluding carboxylic acids is 1. The summed E-state index contributed by atoms with van der Waals surface area (Å²) in [5.74, 6) is 1.49. The summed E-state index contributed by atoms with van der Waals surface area (Å²) in [6.45, 7) is 1.06. The number of nitrogens with zero attached hydrogens (tertiary/aromatic N) is 2. The SMILES string of the molecule is CSc1ncccc1C(=O)OCc1cc(-c2ccc3c(c2)OCCO3)on1. The summed E-state index contributed by atoms with van der Waals surface area (Å²) in [6, 6.07) is 10.7. The molecular formula is C19H16N2O5S. The van der Waals surface area contributed by atoms with E-state index < -0.39 is 5.97 Å². The van der Waals surface area contributed by atoms with Crippen LogP contribution in [0.15, 0.2) is 52.1 Å². The second-order valence-corrected chi connectivity index (χ2v) is 6.47. The third-order valence-corrected chi connectivity index (χ3v) is 4.63. The number of hydrogen-bond acceptors (Lipinski definition) is 8. The maximum atomic E-state index is 12.3. The van der Waals surface area contributed by atoms with Gasteiger partial charge < -0.3 is 18.7 Å². The molecule has 0 N–H and O–H groups in total. The van der Waals surface area contributed by atoms with Gasteiger partial charge in [-0.25, -0.2) is 9.78 Å². The fourth-order valence-electron chi connectivity index (χ4n) is 2.64. The lowest BCUT2D eigenvalue weighted by Crippen LogP contribution is -2.15. The van der Waals surface area contributed by atoms with Crippen molar-refractivity contribution >= 4 is 17.7 Å². The number of rotatable bonds is 5. The molecule has 138 valence electrons. The van der Waals surface area contributed by atoms with Gasteiger partial charge in [0.05, 0.1) is 5.56 Å². The second kappa shape index (κ2) is 7.71. The van der Waals surface area contributed by atoms with Crippen molar-refractivity contribution in [2.75, 3.05) is 19.5 Å². The van der Waals surface area contributed by atoms with Crippen molar-refractivity contribution in [1.82, 2.24) is 10.1 Å². The molecule has 8 heteroatoms. The Kier molecular flexibility index (Phi) is 4.97. The second-order valence-electron chi connectivity index (χ2n) is 5.68. The first-order valence-corrected chi connectivity index (χ1v) is 9.49. The molecule has 3 aromatic rings. The van der Waals surface area contributed by atoms with Crippen LogP contribution in [0.3, 0.4) is 0 Å². The van der Waals surface area contributed by atoms with Gasteiger partial charge >= 0.3 is 5.97 Å². The summed E-state index contributed by atoms with van der Waals surface area (Å²) in [5.41, 5.74) is 1.75. The molecule has 0 saturated carbocycles. The Balaban J connectivity index is 1.45. The molecule has 1 aliphatic rings. The van der Waals surface area contributed by atoms with Crippen LogP contribution in [0, 0.1) is 0 Å².